The van der Waals surface area contributed by atoms with E-state index in [0.717, 1.165) is 11.1 Å². The Morgan fingerprint density at radius 2 is 1.81 bits per heavy atom. The van der Waals surface area contributed by atoms with Crippen LogP contribution in [0, 0.1) is 6.92 Å². The van der Waals surface area contributed by atoms with E-state index < -0.39 is 0 Å². The lowest BCUT2D eigenvalue weighted by molar-refractivity contribution is 1.05. The highest BCUT2D eigenvalue weighted by Gasteiger charge is 2.02. The van der Waals surface area contributed by atoms with Gasteiger partial charge in [-0.15, -0.1) is 0 Å². The molecule has 0 radical (unpaired) electrons. The van der Waals surface area contributed by atoms with Crippen molar-refractivity contribution in [2.75, 3.05) is 5.32 Å². The van der Waals surface area contributed by atoms with Crippen LogP contribution in [-0.4, -0.2) is 19.9 Å². The van der Waals surface area contributed by atoms with Crippen LogP contribution in [0.1, 0.15) is 5.82 Å². The van der Waals surface area contributed by atoms with Crippen molar-refractivity contribution in [3.05, 3.63) is 65.1 Å². The molecular formula is C15H13N5O. The predicted octanol–water partition coefficient (Wildman–Crippen LogP) is 2.28. The van der Waals surface area contributed by atoms with Gasteiger partial charge >= 0.3 is 0 Å². The summed E-state index contributed by atoms with van der Waals surface area (Å²) in [4.78, 5) is 26.5. The number of aromatic nitrogens is 4. The van der Waals surface area contributed by atoms with E-state index in [4.69, 9.17) is 0 Å². The minimum absolute atomic E-state index is 0.134. The summed E-state index contributed by atoms with van der Waals surface area (Å²) < 4.78 is 0. The van der Waals surface area contributed by atoms with Gasteiger partial charge in [-0.25, -0.2) is 15.0 Å². The zero-order valence-electron chi connectivity index (χ0n) is 11.4. The van der Waals surface area contributed by atoms with Crippen LogP contribution in [0.2, 0.25) is 0 Å². The first-order valence-corrected chi connectivity index (χ1v) is 6.42. The first-order valence-electron chi connectivity index (χ1n) is 6.42. The lowest BCUT2D eigenvalue weighted by Gasteiger charge is -2.07. The van der Waals surface area contributed by atoms with Gasteiger partial charge in [0.15, 0.2) is 0 Å². The average molecular weight is 279 g/mol. The summed E-state index contributed by atoms with van der Waals surface area (Å²) in [7, 11) is 0. The Bertz CT molecular complexity index is 828. The van der Waals surface area contributed by atoms with Crippen LogP contribution in [0.5, 0.6) is 0 Å². The molecule has 6 heteroatoms. The third kappa shape index (κ3) is 3.11. The Morgan fingerprint density at radius 3 is 2.62 bits per heavy atom. The van der Waals surface area contributed by atoms with Crippen LogP contribution in [-0.2, 0) is 0 Å². The van der Waals surface area contributed by atoms with E-state index in [1.54, 1.807) is 30.7 Å². The molecule has 6 nitrogen and oxygen atoms in total. The standard InChI is InChI=1S/C15H13N5O/c1-10-16-7-4-13(19-10)20-14-8-11(2-5-17-14)12-3-6-18-15(21)9-12/h2-9H,1H3,(H,18,21)(H,16,17,19,20). The molecule has 0 unspecified atom stereocenters. The van der Waals surface area contributed by atoms with Crippen molar-refractivity contribution in [2.24, 2.45) is 0 Å². The van der Waals surface area contributed by atoms with Crippen molar-refractivity contribution in [3.8, 4) is 11.1 Å². The van der Waals surface area contributed by atoms with E-state index in [2.05, 4.69) is 25.3 Å². The van der Waals surface area contributed by atoms with Crippen LogP contribution >= 0.6 is 0 Å². The molecule has 0 saturated heterocycles. The van der Waals surface area contributed by atoms with Crippen LogP contribution in [0.3, 0.4) is 0 Å². The van der Waals surface area contributed by atoms with E-state index in [1.807, 2.05) is 25.1 Å². The van der Waals surface area contributed by atoms with Crippen molar-refractivity contribution in [1.82, 2.24) is 19.9 Å². The van der Waals surface area contributed by atoms with Crippen molar-refractivity contribution in [3.63, 3.8) is 0 Å². The molecule has 2 N–H and O–H groups in total. The Labute approximate surface area is 121 Å². The van der Waals surface area contributed by atoms with E-state index in [-0.39, 0.29) is 5.56 Å². The lowest BCUT2D eigenvalue weighted by Crippen LogP contribution is -2.02. The smallest absolute Gasteiger partial charge is 0.248 e. The van der Waals surface area contributed by atoms with E-state index in [9.17, 15) is 4.79 Å². The van der Waals surface area contributed by atoms with Gasteiger partial charge in [0.1, 0.15) is 17.5 Å². The SMILES string of the molecule is Cc1nccc(Nc2cc(-c3cc[nH]c(=O)c3)ccn2)n1. The molecule has 104 valence electrons. The number of aryl methyl sites for hydroxylation is 1. The summed E-state index contributed by atoms with van der Waals surface area (Å²) in [5.74, 6) is 2.02. The minimum atomic E-state index is -0.134. The molecule has 0 atom stereocenters. The van der Waals surface area contributed by atoms with Crippen LogP contribution in [0.15, 0.2) is 53.7 Å². The Balaban J connectivity index is 1.91. The quantitative estimate of drug-likeness (QED) is 0.768. The second-order valence-electron chi connectivity index (χ2n) is 4.49. The third-order valence-corrected chi connectivity index (χ3v) is 2.90. The van der Waals surface area contributed by atoms with Gasteiger partial charge in [-0.1, -0.05) is 0 Å². The highest BCUT2D eigenvalue weighted by molar-refractivity contribution is 5.67. The topological polar surface area (TPSA) is 83.6 Å². The van der Waals surface area contributed by atoms with Crippen molar-refractivity contribution >= 4 is 11.6 Å². The van der Waals surface area contributed by atoms with E-state index >= 15 is 0 Å². The van der Waals surface area contributed by atoms with Crippen LogP contribution in [0.25, 0.3) is 11.1 Å². The van der Waals surface area contributed by atoms with E-state index in [0.29, 0.717) is 17.5 Å². The Morgan fingerprint density at radius 1 is 1.00 bits per heavy atom. The predicted molar refractivity (Wildman–Crippen MR) is 80.3 cm³/mol. The molecule has 3 aromatic rings. The van der Waals surface area contributed by atoms with Gasteiger partial charge in [0.05, 0.1) is 0 Å². The fourth-order valence-corrected chi connectivity index (χ4v) is 1.96. The maximum absolute atomic E-state index is 11.4. The monoisotopic (exact) mass is 279 g/mol. The number of hydrogen-bond acceptors (Lipinski definition) is 5. The Hall–Kier alpha value is -3.02. The van der Waals surface area contributed by atoms with Crippen molar-refractivity contribution < 1.29 is 0 Å². The largest absolute Gasteiger partial charge is 0.329 e. The van der Waals surface area contributed by atoms with Crippen LogP contribution < -0.4 is 10.9 Å². The number of H-pyrrole nitrogens is 1. The van der Waals surface area contributed by atoms with E-state index in [1.165, 1.54) is 0 Å². The number of pyridine rings is 2. The molecule has 21 heavy (non-hydrogen) atoms. The molecule has 0 saturated carbocycles. The normalized spacial score (nSPS) is 10.3. The number of nitrogens with one attached hydrogen (secondary N) is 2. The molecule has 0 fully saturated rings. The molecule has 0 aliphatic heterocycles. The summed E-state index contributed by atoms with van der Waals surface area (Å²) >= 11 is 0. The van der Waals surface area contributed by atoms with Gasteiger partial charge in [0.2, 0.25) is 5.56 Å². The number of nitrogens with zero attached hydrogens (tertiary/aromatic N) is 3. The number of aromatic amines is 1. The second-order valence-corrected chi connectivity index (χ2v) is 4.49. The summed E-state index contributed by atoms with van der Waals surface area (Å²) in [5, 5.41) is 3.12. The third-order valence-electron chi connectivity index (χ3n) is 2.90. The average Bonchev–Trinajstić information content (AvgIpc) is 2.47. The molecule has 3 rings (SSSR count). The van der Waals surface area contributed by atoms with Crippen LogP contribution in [0.4, 0.5) is 11.6 Å². The summed E-state index contributed by atoms with van der Waals surface area (Å²) in [6.45, 7) is 1.82. The second kappa shape index (κ2) is 5.54. The summed E-state index contributed by atoms with van der Waals surface area (Å²) in [5.41, 5.74) is 1.61. The molecule has 0 aromatic carbocycles. The molecule has 0 amide bonds. The summed E-state index contributed by atoms with van der Waals surface area (Å²) in [6, 6.07) is 8.88. The Kier molecular flexibility index (Phi) is 3.42. The highest BCUT2D eigenvalue weighted by Crippen LogP contribution is 2.21. The van der Waals surface area contributed by atoms with Gasteiger partial charge in [-0.05, 0) is 42.3 Å². The molecule has 3 heterocycles. The van der Waals surface area contributed by atoms with Gasteiger partial charge in [0, 0.05) is 24.7 Å². The summed E-state index contributed by atoms with van der Waals surface area (Å²) in [6.07, 6.45) is 5.00. The number of anilines is 2. The molecule has 3 aromatic heterocycles. The lowest BCUT2D eigenvalue weighted by atomic mass is 10.1. The van der Waals surface area contributed by atoms with Crippen molar-refractivity contribution in [1.29, 1.82) is 0 Å². The molecule has 0 bridgehead atoms. The molecule has 0 spiro atoms. The zero-order chi connectivity index (χ0) is 14.7. The maximum Gasteiger partial charge on any atom is 0.248 e. The maximum atomic E-state index is 11.4. The van der Waals surface area contributed by atoms with Crippen molar-refractivity contribution in [2.45, 2.75) is 6.92 Å². The van der Waals surface area contributed by atoms with Gasteiger partial charge in [-0.3, -0.25) is 4.79 Å². The highest BCUT2D eigenvalue weighted by atomic mass is 16.1. The number of hydrogen-bond donors (Lipinski definition) is 2. The first kappa shape index (κ1) is 13.0. The minimum Gasteiger partial charge on any atom is -0.329 e. The molecular weight excluding hydrogens is 266 g/mol. The zero-order valence-corrected chi connectivity index (χ0v) is 11.4. The molecule has 0 aliphatic carbocycles. The van der Waals surface area contributed by atoms with Gasteiger partial charge in [0.25, 0.3) is 0 Å². The molecule has 0 aliphatic rings. The fourth-order valence-electron chi connectivity index (χ4n) is 1.96. The van der Waals surface area contributed by atoms with Gasteiger partial charge < -0.3 is 10.3 Å². The van der Waals surface area contributed by atoms with Gasteiger partial charge in [-0.2, -0.15) is 0 Å². The fraction of sp³-hybridized carbons (Fsp3) is 0.0667. The first-order chi connectivity index (χ1) is 10.2. The number of rotatable bonds is 3.